The third kappa shape index (κ3) is 7.28. The van der Waals surface area contributed by atoms with Gasteiger partial charge < -0.3 is 14.8 Å². The molecule has 0 unspecified atom stereocenters. The second-order valence-electron chi connectivity index (χ2n) is 5.80. The number of ether oxygens (including phenoxy) is 2. The number of amides is 1. The van der Waals surface area contributed by atoms with Crippen LogP contribution < -0.4 is 10.1 Å². The van der Waals surface area contributed by atoms with Crippen LogP contribution in [0.15, 0.2) is 24.3 Å². The molecule has 0 atom stereocenters. The second-order valence-corrected chi connectivity index (χ2v) is 5.80. The molecule has 1 amide bonds. The van der Waals surface area contributed by atoms with Crippen LogP contribution in [0.25, 0.3) is 0 Å². The molecule has 0 saturated carbocycles. The molecule has 4 nitrogen and oxygen atoms in total. The number of carbonyl (C=O) groups is 1. The van der Waals surface area contributed by atoms with E-state index in [0.29, 0.717) is 5.56 Å². The maximum Gasteiger partial charge on any atom is 0.499 e. The van der Waals surface area contributed by atoms with E-state index in [1.165, 1.54) is 12.1 Å². The first-order chi connectivity index (χ1) is 11.3. The number of alkyl carbamates (subject to hydrolysis) is 1. The van der Waals surface area contributed by atoms with Gasteiger partial charge in [0.25, 0.3) is 0 Å². The van der Waals surface area contributed by atoms with Gasteiger partial charge in [-0.1, -0.05) is 11.8 Å². The van der Waals surface area contributed by atoms with E-state index in [0.717, 1.165) is 12.1 Å². The van der Waals surface area contributed by atoms with Crippen molar-refractivity contribution in [1.82, 2.24) is 5.32 Å². The van der Waals surface area contributed by atoms with Crippen LogP contribution in [-0.2, 0) is 4.74 Å². The molecule has 0 aliphatic rings. The van der Waals surface area contributed by atoms with E-state index in [1.807, 2.05) is 0 Å². The van der Waals surface area contributed by atoms with Crippen molar-refractivity contribution in [2.24, 2.45) is 0 Å². The molecule has 0 aliphatic heterocycles. The topological polar surface area (TPSA) is 47.6 Å². The Kier molecular flexibility index (Phi) is 6.24. The average Bonchev–Trinajstić information content (AvgIpc) is 2.42. The summed E-state index contributed by atoms with van der Waals surface area (Å²) in [4.78, 5) is 11.3. The van der Waals surface area contributed by atoms with Gasteiger partial charge in [-0.05, 0) is 45.0 Å². The van der Waals surface area contributed by atoms with Crippen LogP contribution in [-0.4, -0.2) is 30.5 Å². The smallest absolute Gasteiger partial charge is 0.444 e. The zero-order valence-electron chi connectivity index (χ0n) is 13.6. The van der Waals surface area contributed by atoms with E-state index in [4.69, 9.17) is 4.74 Å². The maximum atomic E-state index is 12.7. The predicted molar refractivity (Wildman–Crippen MR) is 79.2 cm³/mol. The van der Waals surface area contributed by atoms with Crippen molar-refractivity contribution < 1.29 is 36.2 Å². The largest absolute Gasteiger partial charge is 0.499 e. The number of carbonyl (C=O) groups excluding carboxylic acids is 1. The van der Waals surface area contributed by atoms with E-state index < -0.39 is 29.7 Å². The second kappa shape index (κ2) is 7.59. The van der Waals surface area contributed by atoms with Crippen LogP contribution in [0.2, 0.25) is 0 Å². The van der Waals surface area contributed by atoms with Crippen LogP contribution >= 0.6 is 0 Å². The van der Waals surface area contributed by atoms with Gasteiger partial charge in [0.15, 0.2) is 0 Å². The molecule has 1 rings (SSSR count). The van der Waals surface area contributed by atoms with Gasteiger partial charge in [0.2, 0.25) is 0 Å². The molecule has 1 N–H and O–H groups in total. The van der Waals surface area contributed by atoms with Gasteiger partial charge in [0.05, 0.1) is 6.54 Å². The summed E-state index contributed by atoms with van der Waals surface area (Å²) in [6, 6.07) is 4.29. The Morgan fingerprint density at radius 3 is 2.12 bits per heavy atom. The quantitative estimate of drug-likeness (QED) is 0.648. The number of benzene rings is 1. The Morgan fingerprint density at radius 1 is 1.08 bits per heavy atom. The normalized spacial score (nSPS) is 12.0. The highest BCUT2D eigenvalue weighted by Crippen LogP contribution is 2.37. The van der Waals surface area contributed by atoms with Crippen molar-refractivity contribution in [3.8, 4) is 17.6 Å². The minimum absolute atomic E-state index is 0.0285. The molecule has 0 aromatic heterocycles. The van der Waals surface area contributed by atoms with Gasteiger partial charge in [0.1, 0.15) is 11.4 Å². The lowest BCUT2D eigenvalue weighted by molar-refractivity contribution is -0.360. The minimum Gasteiger partial charge on any atom is -0.444 e. The highest BCUT2D eigenvalue weighted by atomic mass is 19.4. The summed E-state index contributed by atoms with van der Waals surface area (Å²) in [6.07, 6.45) is -11.7. The number of hydrogen-bond acceptors (Lipinski definition) is 3. The van der Waals surface area contributed by atoms with E-state index in [2.05, 4.69) is 21.9 Å². The summed E-state index contributed by atoms with van der Waals surface area (Å²) in [6.45, 7) is 5.07. The molecule has 9 heteroatoms. The Labute approximate surface area is 141 Å². The van der Waals surface area contributed by atoms with Gasteiger partial charge in [-0.25, -0.2) is 4.79 Å². The summed E-state index contributed by atoms with van der Waals surface area (Å²) in [5, 5.41) is 2.38. The summed E-state index contributed by atoms with van der Waals surface area (Å²) in [7, 11) is 0. The number of nitrogens with one attached hydrogen (secondary N) is 1. The van der Waals surface area contributed by atoms with Crippen LogP contribution in [0.3, 0.4) is 0 Å². The van der Waals surface area contributed by atoms with Crippen molar-refractivity contribution in [1.29, 1.82) is 0 Å². The van der Waals surface area contributed by atoms with Gasteiger partial charge in [-0.15, -0.1) is 0 Å². The molecular weight excluding hydrogens is 349 g/mol. The minimum atomic E-state index is -5.81. The first-order valence-corrected chi connectivity index (χ1v) is 6.99. The maximum absolute atomic E-state index is 12.7. The Bertz CT molecular complexity index is 652. The van der Waals surface area contributed by atoms with Gasteiger partial charge in [0, 0.05) is 5.56 Å². The van der Waals surface area contributed by atoms with E-state index in [-0.39, 0.29) is 6.54 Å². The monoisotopic (exact) mass is 365 g/mol. The lowest BCUT2D eigenvalue weighted by Gasteiger charge is -2.20. The summed E-state index contributed by atoms with van der Waals surface area (Å²) in [5.74, 6) is 4.52. The van der Waals surface area contributed by atoms with Gasteiger partial charge in [-0.3, -0.25) is 0 Å². The van der Waals surface area contributed by atoms with Crippen molar-refractivity contribution >= 4 is 6.09 Å². The van der Waals surface area contributed by atoms with Crippen molar-refractivity contribution in [2.45, 2.75) is 38.7 Å². The summed E-state index contributed by atoms with van der Waals surface area (Å²) in [5.41, 5.74) is -0.306. The third-order valence-electron chi connectivity index (χ3n) is 2.38. The van der Waals surface area contributed by atoms with Crippen molar-refractivity contribution in [3.05, 3.63) is 29.8 Å². The van der Waals surface area contributed by atoms with Crippen LogP contribution in [0, 0.1) is 11.8 Å². The molecular formula is C16H16F5NO3. The SMILES string of the molecule is CC(C)(C)OC(=O)NCC#Cc1ccc(OC(F)(F)C(F)(F)F)cc1. The summed E-state index contributed by atoms with van der Waals surface area (Å²) >= 11 is 0. The van der Waals surface area contributed by atoms with Crippen LogP contribution in [0.4, 0.5) is 26.7 Å². The Balaban J connectivity index is 2.57. The van der Waals surface area contributed by atoms with Crippen molar-refractivity contribution in [3.63, 3.8) is 0 Å². The molecule has 0 heterocycles. The van der Waals surface area contributed by atoms with Crippen LogP contribution in [0.5, 0.6) is 5.75 Å². The van der Waals surface area contributed by atoms with Crippen molar-refractivity contribution in [2.75, 3.05) is 6.54 Å². The summed E-state index contributed by atoms with van der Waals surface area (Å²) < 4.78 is 70.2. The van der Waals surface area contributed by atoms with E-state index >= 15 is 0 Å². The molecule has 25 heavy (non-hydrogen) atoms. The van der Waals surface area contributed by atoms with E-state index in [1.54, 1.807) is 20.8 Å². The van der Waals surface area contributed by atoms with Gasteiger partial charge in [-0.2, -0.15) is 22.0 Å². The number of rotatable bonds is 3. The highest BCUT2D eigenvalue weighted by molar-refractivity contribution is 5.68. The molecule has 0 radical (unpaired) electrons. The molecule has 138 valence electrons. The molecule has 0 bridgehead atoms. The first kappa shape index (κ1) is 20.5. The number of hydrogen-bond donors (Lipinski definition) is 1. The zero-order chi connectivity index (χ0) is 19.3. The van der Waals surface area contributed by atoms with E-state index in [9.17, 15) is 26.7 Å². The standard InChI is InChI=1S/C16H16F5NO3/c1-14(2,3)25-13(23)22-10-4-5-11-6-8-12(9-7-11)24-16(20,21)15(17,18)19/h6-9H,10H2,1-3H3,(H,22,23). The molecule has 0 saturated heterocycles. The highest BCUT2D eigenvalue weighted by Gasteiger charge is 2.61. The average molecular weight is 365 g/mol. The lowest BCUT2D eigenvalue weighted by atomic mass is 10.2. The fraction of sp³-hybridized carbons (Fsp3) is 0.438. The fourth-order valence-electron chi connectivity index (χ4n) is 1.39. The number of halogens is 5. The molecule has 0 spiro atoms. The predicted octanol–water partition coefficient (Wildman–Crippen LogP) is 4.10. The molecule has 1 aromatic carbocycles. The molecule has 0 fully saturated rings. The fourth-order valence-corrected chi connectivity index (χ4v) is 1.39. The Hall–Kier alpha value is -2.50. The number of alkyl halides is 5. The zero-order valence-corrected chi connectivity index (χ0v) is 13.6. The first-order valence-electron chi connectivity index (χ1n) is 6.99. The third-order valence-corrected chi connectivity index (χ3v) is 2.38. The van der Waals surface area contributed by atoms with Gasteiger partial charge >= 0.3 is 18.4 Å². The Morgan fingerprint density at radius 2 is 1.64 bits per heavy atom. The van der Waals surface area contributed by atoms with Crippen LogP contribution in [0.1, 0.15) is 26.3 Å². The molecule has 1 aromatic rings. The lowest BCUT2D eigenvalue weighted by Crippen LogP contribution is -2.41. The molecule has 0 aliphatic carbocycles.